The number of sulfone groups is 1. The predicted molar refractivity (Wildman–Crippen MR) is 70.6 cm³/mol. The fourth-order valence-electron chi connectivity index (χ4n) is 1.64. The van der Waals surface area contributed by atoms with Gasteiger partial charge in [0.15, 0.2) is 9.84 Å². The summed E-state index contributed by atoms with van der Waals surface area (Å²) in [5.41, 5.74) is 7.05. The van der Waals surface area contributed by atoms with E-state index < -0.39 is 9.84 Å². The van der Waals surface area contributed by atoms with Gasteiger partial charge >= 0.3 is 0 Å². The molecule has 0 aromatic heterocycles. The van der Waals surface area contributed by atoms with E-state index in [-0.39, 0.29) is 6.04 Å². The van der Waals surface area contributed by atoms with Crippen LogP contribution in [-0.4, -0.2) is 14.7 Å². The highest BCUT2D eigenvalue weighted by Crippen LogP contribution is 2.20. The van der Waals surface area contributed by atoms with E-state index >= 15 is 0 Å². The van der Waals surface area contributed by atoms with Crippen molar-refractivity contribution in [2.45, 2.75) is 37.6 Å². The van der Waals surface area contributed by atoms with Crippen LogP contribution in [0, 0.1) is 5.92 Å². The van der Waals surface area contributed by atoms with E-state index in [9.17, 15) is 8.42 Å². The molecule has 0 saturated carbocycles. The molecule has 1 unspecified atom stereocenters. The maximum absolute atomic E-state index is 11.3. The summed E-state index contributed by atoms with van der Waals surface area (Å²) in [6.07, 6.45) is 3.21. The number of nitrogens with two attached hydrogens (primary N) is 1. The van der Waals surface area contributed by atoms with E-state index in [0.29, 0.717) is 10.8 Å². The Morgan fingerprint density at radius 3 is 2.06 bits per heavy atom. The minimum Gasteiger partial charge on any atom is -0.324 e. The Labute approximate surface area is 104 Å². The van der Waals surface area contributed by atoms with Gasteiger partial charge in [-0.25, -0.2) is 8.42 Å². The highest BCUT2D eigenvalue weighted by molar-refractivity contribution is 7.90. The second kappa shape index (κ2) is 5.65. The first-order chi connectivity index (χ1) is 7.80. The molecular weight excluding hydrogens is 234 g/mol. The zero-order chi connectivity index (χ0) is 13.1. The first kappa shape index (κ1) is 14.2. The van der Waals surface area contributed by atoms with E-state index in [1.807, 2.05) is 0 Å². The van der Waals surface area contributed by atoms with Crippen molar-refractivity contribution >= 4 is 9.84 Å². The molecule has 1 atom stereocenters. The average Bonchev–Trinajstić information content (AvgIpc) is 2.25. The molecular formula is C13H21NO2S. The van der Waals surface area contributed by atoms with Crippen LogP contribution in [0.25, 0.3) is 0 Å². The van der Waals surface area contributed by atoms with Gasteiger partial charge in [-0.05, 0) is 36.5 Å². The maximum Gasteiger partial charge on any atom is 0.175 e. The summed E-state index contributed by atoms with van der Waals surface area (Å²) in [4.78, 5) is 0.345. The van der Waals surface area contributed by atoms with Crippen LogP contribution in [0.15, 0.2) is 29.2 Å². The summed E-state index contributed by atoms with van der Waals surface area (Å²) >= 11 is 0. The lowest BCUT2D eigenvalue weighted by atomic mass is 9.98. The highest BCUT2D eigenvalue weighted by atomic mass is 32.2. The van der Waals surface area contributed by atoms with Gasteiger partial charge in [0.05, 0.1) is 4.90 Å². The minimum atomic E-state index is -3.11. The zero-order valence-electron chi connectivity index (χ0n) is 10.7. The summed E-state index contributed by atoms with van der Waals surface area (Å²) in [5, 5.41) is 0. The quantitative estimate of drug-likeness (QED) is 0.879. The normalized spacial score (nSPS) is 13.9. The fourth-order valence-corrected chi connectivity index (χ4v) is 2.27. The Bertz CT molecular complexity index is 449. The molecule has 0 saturated heterocycles. The van der Waals surface area contributed by atoms with Crippen molar-refractivity contribution in [1.82, 2.24) is 0 Å². The van der Waals surface area contributed by atoms with Crippen molar-refractivity contribution in [1.29, 1.82) is 0 Å². The Hall–Kier alpha value is -0.870. The van der Waals surface area contributed by atoms with Crippen molar-refractivity contribution in [3.05, 3.63) is 29.8 Å². The molecule has 0 aliphatic carbocycles. The molecule has 0 bridgehead atoms. The number of hydrogen-bond donors (Lipinski definition) is 1. The molecule has 0 aliphatic rings. The molecule has 4 heteroatoms. The molecule has 0 fully saturated rings. The molecule has 0 aliphatic heterocycles. The van der Waals surface area contributed by atoms with Gasteiger partial charge in [-0.3, -0.25) is 0 Å². The Morgan fingerprint density at radius 1 is 1.12 bits per heavy atom. The van der Waals surface area contributed by atoms with Crippen LogP contribution in [-0.2, 0) is 9.84 Å². The third-order valence-corrected chi connectivity index (χ3v) is 3.92. The van der Waals surface area contributed by atoms with E-state index in [4.69, 9.17) is 5.73 Å². The molecule has 1 aromatic carbocycles. The third-order valence-electron chi connectivity index (χ3n) is 2.79. The molecule has 17 heavy (non-hydrogen) atoms. The SMILES string of the molecule is CC(C)CCC(N)c1ccc(S(C)(=O)=O)cc1. The van der Waals surface area contributed by atoms with Gasteiger partial charge in [0.25, 0.3) is 0 Å². The van der Waals surface area contributed by atoms with Gasteiger partial charge in [-0.2, -0.15) is 0 Å². The molecule has 96 valence electrons. The summed E-state index contributed by atoms with van der Waals surface area (Å²) in [6.45, 7) is 4.33. The van der Waals surface area contributed by atoms with Gasteiger partial charge in [0, 0.05) is 12.3 Å². The molecule has 1 rings (SSSR count). The lowest BCUT2D eigenvalue weighted by Crippen LogP contribution is -2.11. The predicted octanol–water partition coefficient (Wildman–Crippen LogP) is 2.53. The van der Waals surface area contributed by atoms with Crippen molar-refractivity contribution < 1.29 is 8.42 Å². The number of hydrogen-bond acceptors (Lipinski definition) is 3. The standard InChI is InChI=1S/C13H21NO2S/c1-10(2)4-9-13(14)11-5-7-12(8-6-11)17(3,15)16/h5-8,10,13H,4,9,14H2,1-3H3. The average molecular weight is 255 g/mol. The van der Waals surface area contributed by atoms with Crippen molar-refractivity contribution in [2.75, 3.05) is 6.26 Å². The lowest BCUT2D eigenvalue weighted by Gasteiger charge is -2.13. The summed E-state index contributed by atoms with van der Waals surface area (Å²) < 4.78 is 22.6. The van der Waals surface area contributed by atoms with E-state index in [0.717, 1.165) is 18.4 Å². The van der Waals surface area contributed by atoms with E-state index in [1.165, 1.54) is 6.26 Å². The first-order valence-electron chi connectivity index (χ1n) is 5.86. The van der Waals surface area contributed by atoms with Crippen LogP contribution in [0.1, 0.15) is 38.3 Å². The van der Waals surface area contributed by atoms with Crippen LogP contribution >= 0.6 is 0 Å². The second-order valence-electron chi connectivity index (χ2n) is 4.92. The van der Waals surface area contributed by atoms with E-state index in [1.54, 1.807) is 24.3 Å². The Kier molecular flexibility index (Phi) is 4.71. The van der Waals surface area contributed by atoms with Crippen molar-refractivity contribution in [2.24, 2.45) is 11.7 Å². The van der Waals surface area contributed by atoms with Crippen molar-refractivity contribution in [3.63, 3.8) is 0 Å². The highest BCUT2D eigenvalue weighted by Gasteiger charge is 2.10. The van der Waals surface area contributed by atoms with Gasteiger partial charge < -0.3 is 5.73 Å². The molecule has 0 spiro atoms. The Balaban J connectivity index is 2.74. The molecule has 0 heterocycles. The summed E-state index contributed by atoms with van der Waals surface area (Å²) in [6, 6.07) is 6.86. The van der Waals surface area contributed by atoms with Crippen LogP contribution in [0.2, 0.25) is 0 Å². The smallest absolute Gasteiger partial charge is 0.175 e. The van der Waals surface area contributed by atoms with Gasteiger partial charge in [0.1, 0.15) is 0 Å². The number of benzene rings is 1. The second-order valence-corrected chi connectivity index (χ2v) is 6.93. The molecule has 1 aromatic rings. The molecule has 0 radical (unpaired) electrons. The fraction of sp³-hybridized carbons (Fsp3) is 0.538. The maximum atomic E-state index is 11.3. The van der Waals surface area contributed by atoms with Crippen LogP contribution in [0.4, 0.5) is 0 Å². The van der Waals surface area contributed by atoms with Crippen LogP contribution in [0.5, 0.6) is 0 Å². The minimum absolute atomic E-state index is 0.00832. The monoisotopic (exact) mass is 255 g/mol. The van der Waals surface area contributed by atoms with Crippen molar-refractivity contribution in [3.8, 4) is 0 Å². The largest absolute Gasteiger partial charge is 0.324 e. The molecule has 2 N–H and O–H groups in total. The Morgan fingerprint density at radius 2 is 1.65 bits per heavy atom. The van der Waals surface area contributed by atoms with Gasteiger partial charge in [-0.15, -0.1) is 0 Å². The van der Waals surface area contributed by atoms with Crippen LogP contribution < -0.4 is 5.73 Å². The zero-order valence-corrected chi connectivity index (χ0v) is 11.5. The first-order valence-corrected chi connectivity index (χ1v) is 7.75. The third kappa shape index (κ3) is 4.48. The number of rotatable bonds is 5. The van der Waals surface area contributed by atoms with Gasteiger partial charge in [0.2, 0.25) is 0 Å². The molecule has 0 amide bonds. The van der Waals surface area contributed by atoms with Gasteiger partial charge in [-0.1, -0.05) is 26.0 Å². The summed E-state index contributed by atoms with van der Waals surface area (Å²) in [7, 11) is -3.11. The molecule has 3 nitrogen and oxygen atoms in total. The topological polar surface area (TPSA) is 60.2 Å². The van der Waals surface area contributed by atoms with Crippen LogP contribution in [0.3, 0.4) is 0 Å². The van der Waals surface area contributed by atoms with E-state index in [2.05, 4.69) is 13.8 Å². The lowest BCUT2D eigenvalue weighted by molar-refractivity contribution is 0.507. The summed E-state index contributed by atoms with van der Waals surface area (Å²) in [5.74, 6) is 0.636.